The van der Waals surface area contributed by atoms with Gasteiger partial charge in [0.2, 0.25) is 11.7 Å². The second-order valence-electron chi connectivity index (χ2n) is 5.32. The monoisotopic (exact) mass is 280 g/mol. The van der Waals surface area contributed by atoms with Crippen LogP contribution in [0.3, 0.4) is 0 Å². The molecule has 1 heterocycles. The number of nitrogens with zero attached hydrogens (tertiary/aromatic N) is 2. The van der Waals surface area contributed by atoms with Crippen molar-refractivity contribution >= 4 is 0 Å². The smallest absolute Gasteiger partial charge is 0.230 e. The van der Waals surface area contributed by atoms with Gasteiger partial charge in [0.15, 0.2) is 0 Å². The molecule has 1 fully saturated rings. The van der Waals surface area contributed by atoms with Crippen LogP contribution >= 0.6 is 0 Å². The maximum Gasteiger partial charge on any atom is 0.230 e. The SMILES string of the molecule is Fc1cccc(-c2ccc(-c3noc(C4CC4)n3)cc2)c1. The lowest BCUT2D eigenvalue weighted by Crippen LogP contribution is -1.84. The van der Waals surface area contributed by atoms with Gasteiger partial charge in [-0.2, -0.15) is 4.98 Å². The molecule has 4 rings (SSSR count). The van der Waals surface area contributed by atoms with Crippen LogP contribution in [-0.4, -0.2) is 10.1 Å². The third-order valence-electron chi connectivity index (χ3n) is 3.67. The molecule has 104 valence electrons. The first kappa shape index (κ1) is 12.3. The average molecular weight is 280 g/mol. The quantitative estimate of drug-likeness (QED) is 0.713. The molecule has 0 bridgehead atoms. The molecule has 0 atom stereocenters. The topological polar surface area (TPSA) is 38.9 Å². The highest BCUT2D eigenvalue weighted by Crippen LogP contribution is 2.39. The van der Waals surface area contributed by atoms with E-state index >= 15 is 0 Å². The number of rotatable bonds is 3. The van der Waals surface area contributed by atoms with Crippen molar-refractivity contribution in [3.05, 3.63) is 60.2 Å². The molecule has 21 heavy (non-hydrogen) atoms. The molecule has 0 amide bonds. The van der Waals surface area contributed by atoms with Crippen LogP contribution in [0.5, 0.6) is 0 Å². The van der Waals surface area contributed by atoms with E-state index in [0.29, 0.717) is 11.7 Å². The van der Waals surface area contributed by atoms with Gasteiger partial charge in [0.1, 0.15) is 5.82 Å². The van der Waals surface area contributed by atoms with Gasteiger partial charge < -0.3 is 4.52 Å². The summed E-state index contributed by atoms with van der Waals surface area (Å²) in [6.45, 7) is 0. The lowest BCUT2D eigenvalue weighted by atomic mass is 10.0. The molecule has 3 aromatic rings. The molecule has 1 aromatic heterocycles. The van der Waals surface area contributed by atoms with Gasteiger partial charge in [-0.3, -0.25) is 0 Å². The van der Waals surface area contributed by atoms with E-state index in [0.717, 1.165) is 35.4 Å². The first-order valence-corrected chi connectivity index (χ1v) is 6.99. The molecule has 0 radical (unpaired) electrons. The van der Waals surface area contributed by atoms with E-state index in [1.807, 2.05) is 30.3 Å². The van der Waals surface area contributed by atoms with Gasteiger partial charge in [-0.1, -0.05) is 41.6 Å². The zero-order valence-electron chi connectivity index (χ0n) is 11.3. The lowest BCUT2D eigenvalue weighted by molar-refractivity contribution is 0.380. The molecule has 0 saturated heterocycles. The number of hydrogen-bond acceptors (Lipinski definition) is 3. The van der Waals surface area contributed by atoms with Crippen LogP contribution in [0.4, 0.5) is 4.39 Å². The highest BCUT2D eigenvalue weighted by molar-refractivity contribution is 5.67. The van der Waals surface area contributed by atoms with E-state index in [4.69, 9.17) is 4.52 Å². The van der Waals surface area contributed by atoms with E-state index < -0.39 is 0 Å². The van der Waals surface area contributed by atoms with Crippen LogP contribution in [0.25, 0.3) is 22.5 Å². The Morgan fingerprint density at radius 2 is 1.71 bits per heavy atom. The lowest BCUT2D eigenvalue weighted by Gasteiger charge is -2.02. The third-order valence-corrected chi connectivity index (χ3v) is 3.67. The fourth-order valence-corrected chi connectivity index (χ4v) is 2.33. The predicted molar refractivity (Wildman–Crippen MR) is 77.1 cm³/mol. The molecular weight excluding hydrogens is 267 g/mol. The van der Waals surface area contributed by atoms with Crippen LogP contribution in [0.2, 0.25) is 0 Å². The second kappa shape index (κ2) is 4.81. The molecule has 0 N–H and O–H groups in total. The van der Waals surface area contributed by atoms with Crippen LogP contribution < -0.4 is 0 Å². The number of hydrogen-bond donors (Lipinski definition) is 0. The molecule has 0 aliphatic heterocycles. The van der Waals surface area contributed by atoms with Crippen molar-refractivity contribution in [1.82, 2.24) is 10.1 Å². The summed E-state index contributed by atoms with van der Waals surface area (Å²) in [5.41, 5.74) is 2.73. The molecule has 4 heteroatoms. The van der Waals surface area contributed by atoms with Crippen LogP contribution in [0, 0.1) is 5.82 Å². The van der Waals surface area contributed by atoms with E-state index in [-0.39, 0.29) is 5.82 Å². The van der Waals surface area contributed by atoms with Gasteiger partial charge in [0, 0.05) is 11.5 Å². The van der Waals surface area contributed by atoms with E-state index in [1.165, 1.54) is 12.1 Å². The Morgan fingerprint density at radius 1 is 0.952 bits per heavy atom. The van der Waals surface area contributed by atoms with Crippen molar-refractivity contribution in [2.45, 2.75) is 18.8 Å². The Bertz CT molecular complexity index is 775. The normalized spacial score (nSPS) is 14.3. The zero-order chi connectivity index (χ0) is 14.2. The minimum absolute atomic E-state index is 0.233. The van der Waals surface area contributed by atoms with Crippen molar-refractivity contribution in [3.63, 3.8) is 0 Å². The molecule has 2 aromatic carbocycles. The summed E-state index contributed by atoms with van der Waals surface area (Å²) in [7, 11) is 0. The maximum absolute atomic E-state index is 13.2. The number of benzene rings is 2. The second-order valence-corrected chi connectivity index (χ2v) is 5.32. The Labute approximate surface area is 121 Å². The van der Waals surface area contributed by atoms with Gasteiger partial charge in [-0.25, -0.2) is 4.39 Å². The van der Waals surface area contributed by atoms with Gasteiger partial charge in [-0.05, 0) is 36.1 Å². The molecule has 1 aliphatic rings. The average Bonchev–Trinajstić information content (AvgIpc) is 3.25. The largest absolute Gasteiger partial charge is 0.339 e. The van der Waals surface area contributed by atoms with Gasteiger partial charge in [0.05, 0.1) is 0 Å². The highest BCUT2D eigenvalue weighted by Gasteiger charge is 2.29. The van der Waals surface area contributed by atoms with Gasteiger partial charge in [0.25, 0.3) is 0 Å². The summed E-state index contributed by atoms with van der Waals surface area (Å²) in [6.07, 6.45) is 2.28. The van der Waals surface area contributed by atoms with Crippen molar-refractivity contribution in [2.24, 2.45) is 0 Å². The minimum Gasteiger partial charge on any atom is -0.339 e. The Kier molecular flexibility index (Phi) is 2.81. The summed E-state index contributed by atoms with van der Waals surface area (Å²) in [5.74, 6) is 1.57. The standard InChI is InChI=1S/C17H13FN2O/c18-15-3-1-2-14(10-15)11-4-6-12(7-5-11)16-19-17(21-20-16)13-8-9-13/h1-7,10,13H,8-9H2. The summed E-state index contributed by atoms with van der Waals surface area (Å²) in [4.78, 5) is 4.42. The van der Waals surface area contributed by atoms with Crippen molar-refractivity contribution in [2.75, 3.05) is 0 Å². The summed E-state index contributed by atoms with van der Waals surface area (Å²) < 4.78 is 18.5. The summed E-state index contributed by atoms with van der Waals surface area (Å²) >= 11 is 0. The molecule has 3 nitrogen and oxygen atoms in total. The zero-order valence-corrected chi connectivity index (χ0v) is 11.3. The van der Waals surface area contributed by atoms with E-state index in [2.05, 4.69) is 10.1 Å². The van der Waals surface area contributed by atoms with Gasteiger partial charge in [-0.15, -0.1) is 0 Å². The fourth-order valence-electron chi connectivity index (χ4n) is 2.33. The van der Waals surface area contributed by atoms with Crippen molar-refractivity contribution in [3.8, 4) is 22.5 Å². The first-order valence-electron chi connectivity index (χ1n) is 6.99. The predicted octanol–water partition coefficient (Wildman–Crippen LogP) is 4.42. The van der Waals surface area contributed by atoms with Crippen LogP contribution in [0.15, 0.2) is 53.1 Å². The number of aromatic nitrogens is 2. The fraction of sp³-hybridized carbons (Fsp3) is 0.176. The van der Waals surface area contributed by atoms with Crippen molar-refractivity contribution < 1.29 is 8.91 Å². The molecule has 0 spiro atoms. The van der Waals surface area contributed by atoms with E-state index in [1.54, 1.807) is 6.07 Å². The van der Waals surface area contributed by atoms with Crippen molar-refractivity contribution in [1.29, 1.82) is 0 Å². The summed E-state index contributed by atoms with van der Waals surface area (Å²) in [6, 6.07) is 14.3. The maximum atomic E-state index is 13.2. The van der Waals surface area contributed by atoms with Gasteiger partial charge >= 0.3 is 0 Å². The third kappa shape index (κ3) is 2.44. The first-order chi connectivity index (χ1) is 10.3. The molecule has 1 saturated carbocycles. The Morgan fingerprint density at radius 3 is 2.43 bits per heavy atom. The minimum atomic E-state index is -0.233. The van der Waals surface area contributed by atoms with Crippen LogP contribution in [0.1, 0.15) is 24.7 Å². The molecule has 0 unspecified atom stereocenters. The molecular formula is C17H13FN2O. The number of halogens is 1. The van der Waals surface area contributed by atoms with Crippen LogP contribution in [-0.2, 0) is 0 Å². The highest BCUT2D eigenvalue weighted by atomic mass is 19.1. The summed E-state index contributed by atoms with van der Waals surface area (Å²) in [5, 5.41) is 4.02. The molecule has 1 aliphatic carbocycles. The Balaban J connectivity index is 1.63. The van der Waals surface area contributed by atoms with E-state index in [9.17, 15) is 4.39 Å². The Hall–Kier alpha value is -2.49.